The van der Waals surface area contributed by atoms with E-state index in [9.17, 15) is 18.0 Å². The minimum absolute atomic E-state index is 0.00143. The number of allylic oxidation sites excluding steroid dienone is 2. The van der Waals surface area contributed by atoms with Crippen LogP contribution in [-0.2, 0) is 4.79 Å². The molecule has 140 valence electrons. The maximum absolute atomic E-state index is 13.6. The summed E-state index contributed by atoms with van der Waals surface area (Å²) in [5, 5.41) is 0. The molecule has 4 heteroatoms. The Bertz CT molecular complexity index is 621. The molecule has 4 rings (SSSR count). The number of hydrogen-bond donors (Lipinski definition) is 0. The van der Waals surface area contributed by atoms with Crippen LogP contribution in [0.1, 0.15) is 65.7 Å². The zero-order valence-electron chi connectivity index (χ0n) is 15.5. The maximum Gasteiger partial charge on any atom is 0.392 e. The highest BCUT2D eigenvalue weighted by molar-refractivity contribution is 5.96. The number of halogens is 3. The lowest BCUT2D eigenvalue weighted by Crippen LogP contribution is -2.53. The fraction of sp³-hybridized carbons (Fsp3) is 0.857. The predicted molar refractivity (Wildman–Crippen MR) is 90.8 cm³/mol. The Morgan fingerprint density at radius 3 is 2.44 bits per heavy atom. The number of Topliss-reactive ketones (excluding diaryl/α,β-unsaturated/α-hetero) is 1. The molecule has 0 aliphatic heterocycles. The van der Waals surface area contributed by atoms with Crippen molar-refractivity contribution in [3.05, 3.63) is 11.6 Å². The summed E-state index contributed by atoms with van der Waals surface area (Å²) >= 11 is 0. The van der Waals surface area contributed by atoms with E-state index in [1.807, 2.05) is 13.8 Å². The minimum Gasteiger partial charge on any atom is -0.295 e. The van der Waals surface area contributed by atoms with Crippen molar-refractivity contribution in [1.29, 1.82) is 0 Å². The van der Waals surface area contributed by atoms with Crippen LogP contribution in [0.3, 0.4) is 0 Å². The van der Waals surface area contributed by atoms with E-state index >= 15 is 0 Å². The third-order valence-corrected chi connectivity index (χ3v) is 8.76. The number of alkyl halides is 3. The van der Waals surface area contributed by atoms with Crippen molar-refractivity contribution in [1.82, 2.24) is 0 Å². The fourth-order valence-electron chi connectivity index (χ4n) is 7.49. The summed E-state index contributed by atoms with van der Waals surface area (Å²) < 4.78 is 40.8. The Kier molecular flexibility index (Phi) is 3.77. The van der Waals surface area contributed by atoms with E-state index in [4.69, 9.17) is 0 Å². The van der Waals surface area contributed by atoms with Crippen LogP contribution in [0.15, 0.2) is 11.6 Å². The van der Waals surface area contributed by atoms with Crippen LogP contribution >= 0.6 is 0 Å². The number of rotatable bonds is 0. The van der Waals surface area contributed by atoms with Gasteiger partial charge in [-0.1, -0.05) is 19.9 Å². The molecule has 4 aliphatic rings. The first-order valence-electron chi connectivity index (χ1n) is 9.87. The van der Waals surface area contributed by atoms with Crippen molar-refractivity contribution in [2.75, 3.05) is 0 Å². The lowest BCUT2D eigenvalue weighted by Gasteiger charge is -2.59. The first-order valence-corrected chi connectivity index (χ1v) is 9.87. The Hall–Kier alpha value is -0.800. The molecule has 25 heavy (non-hydrogen) atoms. The molecule has 0 radical (unpaired) electrons. The van der Waals surface area contributed by atoms with Crippen LogP contribution in [0.5, 0.6) is 0 Å². The van der Waals surface area contributed by atoms with Crippen LogP contribution in [0, 0.1) is 40.4 Å². The zero-order chi connectivity index (χ0) is 18.2. The smallest absolute Gasteiger partial charge is 0.295 e. The highest BCUT2D eigenvalue weighted by Crippen LogP contribution is 2.68. The quantitative estimate of drug-likeness (QED) is 0.526. The molecule has 0 aromatic heterocycles. The molecule has 3 saturated carbocycles. The summed E-state index contributed by atoms with van der Waals surface area (Å²) in [6, 6.07) is 0. The monoisotopic (exact) mass is 354 g/mol. The molecule has 0 heterocycles. The third kappa shape index (κ3) is 2.38. The summed E-state index contributed by atoms with van der Waals surface area (Å²) in [7, 11) is 0. The van der Waals surface area contributed by atoms with Crippen molar-refractivity contribution in [3.8, 4) is 0 Å². The highest BCUT2D eigenvalue weighted by atomic mass is 19.4. The average molecular weight is 354 g/mol. The van der Waals surface area contributed by atoms with E-state index < -0.39 is 17.5 Å². The van der Waals surface area contributed by atoms with Crippen LogP contribution in [-0.4, -0.2) is 12.0 Å². The Labute approximate surface area is 148 Å². The van der Waals surface area contributed by atoms with Gasteiger partial charge in [-0.2, -0.15) is 13.2 Å². The van der Waals surface area contributed by atoms with Gasteiger partial charge in [0.15, 0.2) is 5.78 Å². The summed E-state index contributed by atoms with van der Waals surface area (Å²) in [5.41, 5.74) is 0.289. The van der Waals surface area contributed by atoms with E-state index in [1.54, 1.807) is 0 Å². The zero-order valence-corrected chi connectivity index (χ0v) is 15.5. The molecule has 0 spiro atoms. The lowest BCUT2D eigenvalue weighted by atomic mass is 9.45. The van der Waals surface area contributed by atoms with Gasteiger partial charge in [-0.05, 0) is 85.5 Å². The van der Waals surface area contributed by atoms with Gasteiger partial charge < -0.3 is 0 Å². The van der Waals surface area contributed by atoms with Gasteiger partial charge in [0.25, 0.3) is 0 Å². The molecule has 0 amide bonds. The molecule has 4 aliphatic carbocycles. The molecule has 0 bridgehead atoms. The lowest BCUT2D eigenvalue weighted by molar-refractivity contribution is -0.213. The molecular formula is C21H29F3O. The van der Waals surface area contributed by atoms with Gasteiger partial charge in [0.2, 0.25) is 0 Å². The van der Waals surface area contributed by atoms with E-state index in [0.29, 0.717) is 37.0 Å². The molecule has 7 atom stereocenters. The molecule has 1 nitrogen and oxygen atoms in total. The standard InChI is InChI=1S/C21H29F3O/c1-12-11-20(3)13(10-17(12)25)4-5-14-15-6-7-18(21(22,23)24)19(15,2)9-8-16(14)20/h11,13-16,18H,4-10H2,1-3H3/t13-,14-,15-,16-,18+,19-,20-/m0/s1. The Morgan fingerprint density at radius 1 is 1.04 bits per heavy atom. The van der Waals surface area contributed by atoms with Crippen molar-refractivity contribution >= 4 is 5.78 Å². The SMILES string of the molecule is CC1=C[C@@]2(C)[C@@H](CC[C@@H]3[C@@H]2CC[C@@]2(C)[C@H]3CC[C@H]2C(F)(F)F)CC1=O. The number of hydrogen-bond acceptors (Lipinski definition) is 1. The van der Waals surface area contributed by atoms with Crippen molar-refractivity contribution in [2.45, 2.75) is 71.9 Å². The van der Waals surface area contributed by atoms with Crippen LogP contribution in [0.2, 0.25) is 0 Å². The Morgan fingerprint density at radius 2 is 1.76 bits per heavy atom. The topological polar surface area (TPSA) is 17.1 Å². The van der Waals surface area contributed by atoms with E-state index in [-0.39, 0.29) is 17.1 Å². The van der Waals surface area contributed by atoms with E-state index in [2.05, 4.69) is 13.0 Å². The number of fused-ring (bicyclic) bond motifs is 5. The van der Waals surface area contributed by atoms with Crippen LogP contribution in [0.25, 0.3) is 0 Å². The van der Waals surface area contributed by atoms with Gasteiger partial charge in [-0.3, -0.25) is 4.79 Å². The van der Waals surface area contributed by atoms with Gasteiger partial charge in [0, 0.05) is 6.42 Å². The molecule has 0 N–H and O–H groups in total. The minimum atomic E-state index is -4.06. The van der Waals surface area contributed by atoms with Gasteiger partial charge in [-0.15, -0.1) is 0 Å². The Balaban J connectivity index is 1.67. The summed E-state index contributed by atoms with van der Waals surface area (Å²) in [4.78, 5) is 12.1. The highest BCUT2D eigenvalue weighted by Gasteiger charge is 2.64. The number of ketones is 1. The summed E-state index contributed by atoms with van der Waals surface area (Å²) in [6.45, 7) is 6.11. The normalized spacial score (nSPS) is 49.9. The first-order chi connectivity index (χ1) is 11.6. The van der Waals surface area contributed by atoms with Crippen LogP contribution in [0.4, 0.5) is 13.2 Å². The van der Waals surface area contributed by atoms with Gasteiger partial charge >= 0.3 is 6.18 Å². The van der Waals surface area contributed by atoms with Crippen molar-refractivity contribution in [3.63, 3.8) is 0 Å². The predicted octanol–water partition coefficient (Wildman–Crippen LogP) is 5.94. The second kappa shape index (κ2) is 5.36. The summed E-state index contributed by atoms with van der Waals surface area (Å²) in [6.07, 6.45) is 3.37. The largest absolute Gasteiger partial charge is 0.392 e. The van der Waals surface area contributed by atoms with Gasteiger partial charge in [-0.25, -0.2) is 0 Å². The molecule has 3 fully saturated rings. The van der Waals surface area contributed by atoms with E-state index in [0.717, 1.165) is 31.3 Å². The maximum atomic E-state index is 13.6. The van der Waals surface area contributed by atoms with Crippen molar-refractivity contribution in [2.24, 2.45) is 40.4 Å². The van der Waals surface area contributed by atoms with Crippen molar-refractivity contribution < 1.29 is 18.0 Å². The first kappa shape index (κ1) is 17.6. The molecule has 0 saturated heterocycles. The summed E-state index contributed by atoms with van der Waals surface area (Å²) in [5.74, 6) is 0.557. The van der Waals surface area contributed by atoms with Gasteiger partial charge in [0.1, 0.15) is 0 Å². The second-order valence-corrected chi connectivity index (χ2v) is 9.69. The molecule has 0 aromatic carbocycles. The van der Waals surface area contributed by atoms with E-state index in [1.165, 1.54) is 0 Å². The second-order valence-electron chi connectivity index (χ2n) is 9.69. The average Bonchev–Trinajstić information content (AvgIpc) is 2.86. The molecular weight excluding hydrogens is 325 g/mol. The molecule has 0 aromatic rings. The number of carbonyl (C=O) groups is 1. The van der Waals surface area contributed by atoms with Crippen LogP contribution < -0.4 is 0 Å². The number of carbonyl (C=O) groups excluding carboxylic acids is 1. The third-order valence-electron chi connectivity index (χ3n) is 8.76. The molecule has 0 unspecified atom stereocenters. The van der Waals surface area contributed by atoms with Gasteiger partial charge in [0.05, 0.1) is 5.92 Å². The fourth-order valence-corrected chi connectivity index (χ4v) is 7.49.